The quantitative estimate of drug-likeness (QED) is 0.516. The molecule has 2 aromatic rings. The first kappa shape index (κ1) is 13.6. The normalized spacial score (nSPS) is 26.4. The highest BCUT2D eigenvalue weighted by Gasteiger charge is 2.36. The van der Waals surface area contributed by atoms with Gasteiger partial charge in [-0.25, -0.2) is 19.3 Å². The zero-order chi connectivity index (χ0) is 14.3. The van der Waals surface area contributed by atoms with Crippen molar-refractivity contribution in [3.8, 4) is 0 Å². The Kier molecular flexibility index (Phi) is 3.50. The van der Waals surface area contributed by atoms with Crippen molar-refractivity contribution in [2.45, 2.75) is 29.9 Å². The highest BCUT2D eigenvalue weighted by atomic mass is 32.2. The molecular formula is C11H14N4O4S. The van der Waals surface area contributed by atoms with Gasteiger partial charge in [0.2, 0.25) is 0 Å². The first-order chi connectivity index (χ1) is 9.65. The lowest BCUT2D eigenvalue weighted by atomic mass is 10.2. The molecule has 0 bridgehead atoms. The summed E-state index contributed by atoms with van der Waals surface area (Å²) < 4.78 is 6.86. The molecule has 9 heteroatoms. The van der Waals surface area contributed by atoms with E-state index in [0.717, 1.165) is 0 Å². The van der Waals surface area contributed by atoms with E-state index in [0.29, 0.717) is 16.2 Å². The fourth-order valence-electron chi connectivity index (χ4n) is 2.38. The minimum Gasteiger partial charge on any atom is -0.394 e. The lowest BCUT2D eigenvalue weighted by Gasteiger charge is -2.12. The maximum Gasteiger partial charge on any atom is 0.329 e. The van der Waals surface area contributed by atoms with E-state index in [1.165, 1.54) is 22.7 Å². The van der Waals surface area contributed by atoms with Crippen molar-refractivity contribution in [2.75, 3.05) is 12.9 Å². The number of thioether (sulfide) groups is 1. The Hall–Kier alpha value is -1.42. The van der Waals surface area contributed by atoms with Gasteiger partial charge < -0.3 is 19.9 Å². The molecule has 0 unspecified atom stereocenters. The van der Waals surface area contributed by atoms with Crippen LogP contribution in [0.15, 0.2) is 16.1 Å². The summed E-state index contributed by atoms with van der Waals surface area (Å²) >= 11 is 1.40. The molecule has 0 aliphatic carbocycles. The van der Waals surface area contributed by atoms with Crippen molar-refractivity contribution in [3.05, 3.63) is 16.8 Å². The largest absolute Gasteiger partial charge is 0.394 e. The van der Waals surface area contributed by atoms with Crippen LogP contribution in [0.1, 0.15) is 12.6 Å². The van der Waals surface area contributed by atoms with Gasteiger partial charge >= 0.3 is 5.69 Å². The van der Waals surface area contributed by atoms with Crippen LogP contribution in [0.3, 0.4) is 0 Å². The molecule has 0 aromatic carbocycles. The molecule has 2 aromatic heterocycles. The van der Waals surface area contributed by atoms with Crippen LogP contribution in [0.25, 0.3) is 11.2 Å². The van der Waals surface area contributed by atoms with E-state index in [1.807, 2.05) is 6.26 Å². The molecule has 1 aliphatic heterocycles. The van der Waals surface area contributed by atoms with Gasteiger partial charge in [-0.3, -0.25) is 0 Å². The SMILES string of the molecule is CSc1ncnc2c1[nH]c(=O)n2[C@@H]1C[C@@H](O)[C@H](CO)O1. The number of nitrogens with zero attached hydrogens (tertiary/aromatic N) is 3. The summed E-state index contributed by atoms with van der Waals surface area (Å²) in [5.74, 6) is 0. The third-order valence-corrected chi connectivity index (χ3v) is 4.03. The average molecular weight is 298 g/mol. The zero-order valence-corrected chi connectivity index (χ0v) is 11.5. The van der Waals surface area contributed by atoms with Crippen molar-refractivity contribution in [3.63, 3.8) is 0 Å². The molecule has 108 valence electrons. The monoisotopic (exact) mass is 298 g/mol. The number of aromatic nitrogens is 4. The minimum atomic E-state index is -0.802. The molecule has 1 saturated heterocycles. The molecule has 1 fully saturated rings. The number of imidazole rings is 1. The summed E-state index contributed by atoms with van der Waals surface area (Å²) in [4.78, 5) is 23.0. The number of H-pyrrole nitrogens is 1. The molecule has 0 saturated carbocycles. The minimum absolute atomic E-state index is 0.233. The van der Waals surface area contributed by atoms with Gasteiger partial charge in [0.05, 0.1) is 12.7 Å². The molecule has 0 radical (unpaired) electrons. The number of aromatic amines is 1. The molecule has 8 nitrogen and oxygen atoms in total. The molecule has 3 rings (SSSR count). The number of nitrogens with one attached hydrogen (secondary N) is 1. The van der Waals surface area contributed by atoms with Crippen molar-refractivity contribution < 1.29 is 14.9 Å². The van der Waals surface area contributed by atoms with Crippen molar-refractivity contribution in [1.82, 2.24) is 19.5 Å². The molecule has 3 N–H and O–H groups in total. The number of aliphatic hydroxyl groups excluding tert-OH is 2. The summed E-state index contributed by atoms with van der Waals surface area (Å²) in [6, 6.07) is 0. The molecule has 3 heterocycles. The van der Waals surface area contributed by atoms with Crippen molar-refractivity contribution >= 4 is 22.9 Å². The topological polar surface area (TPSA) is 113 Å². The first-order valence-corrected chi connectivity index (χ1v) is 7.31. The van der Waals surface area contributed by atoms with E-state index in [4.69, 9.17) is 9.84 Å². The van der Waals surface area contributed by atoms with Gasteiger partial charge in [0.1, 0.15) is 29.2 Å². The number of fused-ring (bicyclic) bond motifs is 1. The predicted molar refractivity (Wildman–Crippen MR) is 71.5 cm³/mol. The maximum absolute atomic E-state index is 12.1. The smallest absolute Gasteiger partial charge is 0.329 e. The van der Waals surface area contributed by atoms with Crippen LogP contribution in [0, 0.1) is 0 Å². The Bertz CT molecular complexity index is 685. The number of ether oxygens (including phenoxy) is 1. The number of rotatable bonds is 3. The Labute approximate surface area is 117 Å². The Balaban J connectivity index is 2.09. The molecular weight excluding hydrogens is 284 g/mol. The summed E-state index contributed by atoms with van der Waals surface area (Å²) in [5, 5.41) is 19.6. The number of aliphatic hydroxyl groups is 2. The van der Waals surface area contributed by atoms with E-state index in [-0.39, 0.29) is 18.7 Å². The highest BCUT2D eigenvalue weighted by molar-refractivity contribution is 7.98. The first-order valence-electron chi connectivity index (χ1n) is 6.09. The molecule has 0 amide bonds. The second-order valence-corrected chi connectivity index (χ2v) is 5.29. The van der Waals surface area contributed by atoms with E-state index >= 15 is 0 Å². The van der Waals surface area contributed by atoms with Crippen LogP contribution in [-0.2, 0) is 4.74 Å². The third kappa shape index (κ3) is 2.03. The predicted octanol–water partition coefficient (Wildman–Crippen LogP) is -0.518. The van der Waals surface area contributed by atoms with Gasteiger partial charge in [-0.1, -0.05) is 0 Å². The molecule has 3 atom stereocenters. The molecule has 1 aliphatic rings. The number of hydrogen-bond acceptors (Lipinski definition) is 7. The Morgan fingerprint density at radius 3 is 3.05 bits per heavy atom. The van der Waals surface area contributed by atoms with E-state index in [1.54, 1.807) is 0 Å². The van der Waals surface area contributed by atoms with E-state index in [9.17, 15) is 9.90 Å². The van der Waals surface area contributed by atoms with Crippen molar-refractivity contribution in [2.24, 2.45) is 0 Å². The fourth-order valence-corrected chi connectivity index (χ4v) is 2.87. The van der Waals surface area contributed by atoms with Gasteiger partial charge in [-0.05, 0) is 6.26 Å². The second kappa shape index (κ2) is 5.17. The van der Waals surface area contributed by atoms with E-state index in [2.05, 4.69) is 15.0 Å². The van der Waals surface area contributed by atoms with Crippen LogP contribution in [-0.4, -0.2) is 54.8 Å². The van der Waals surface area contributed by atoms with Crippen LogP contribution >= 0.6 is 11.8 Å². The third-order valence-electron chi connectivity index (χ3n) is 3.34. The van der Waals surface area contributed by atoms with Crippen LogP contribution in [0.5, 0.6) is 0 Å². The lowest BCUT2D eigenvalue weighted by Crippen LogP contribution is -2.25. The standard InChI is InChI=1S/C11H14N4O4S/c1-20-10-8-9(12-4-13-10)15(11(18)14-8)7-2-5(17)6(3-16)19-7/h4-7,16-17H,2-3H2,1H3,(H,14,18)/t5-,6+,7+/m1/s1. The van der Waals surface area contributed by atoms with Crippen LogP contribution in [0.4, 0.5) is 0 Å². The second-order valence-electron chi connectivity index (χ2n) is 4.50. The summed E-state index contributed by atoms with van der Waals surface area (Å²) in [5.41, 5.74) is 0.618. The van der Waals surface area contributed by atoms with Crippen LogP contribution in [0.2, 0.25) is 0 Å². The number of hydrogen-bond donors (Lipinski definition) is 3. The zero-order valence-electron chi connectivity index (χ0n) is 10.7. The Morgan fingerprint density at radius 2 is 2.40 bits per heavy atom. The van der Waals surface area contributed by atoms with Gasteiger partial charge in [0.15, 0.2) is 5.65 Å². The summed E-state index contributed by atoms with van der Waals surface area (Å²) in [6.45, 7) is -0.292. The molecule has 20 heavy (non-hydrogen) atoms. The lowest BCUT2D eigenvalue weighted by molar-refractivity contribution is -0.0441. The van der Waals surface area contributed by atoms with E-state index < -0.39 is 18.4 Å². The highest BCUT2D eigenvalue weighted by Crippen LogP contribution is 2.30. The molecule has 0 spiro atoms. The van der Waals surface area contributed by atoms with Gasteiger partial charge in [-0.15, -0.1) is 11.8 Å². The van der Waals surface area contributed by atoms with Gasteiger partial charge in [0.25, 0.3) is 0 Å². The van der Waals surface area contributed by atoms with Gasteiger partial charge in [0, 0.05) is 6.42 Å². The van der Waals surface area contributed by atoms with Gasteiger partial charge in [-0.2, -0.15) is 0 Å². The fraction of sp³-hybridized carbons (Fsp3) is 0.545. The van der Waals surface area contributed by atoms with Crippen LogP contribution < -0.4 is 5.69 Å². The van der Waals surface area contributed by atoms with Crippen molar-refractivity contribution in [1.29, 1.82) is 0 Å². The average Bonchev–Trinajstić information content (AvgIpc) is 2.97. The maximum atomic E-state index is 12.1. The summed E-state index contributed by atoms with van der Waals surface area (Å²) in [7, 11) is 0. The Morgan fingerprint density at radius 1 is 1.60 bits per heavy atom. The summed E-state index contributed by atoms with van der Waals surface area (Å²) in [6.07, 6.45) is 1.34.